The number of methoxy groups -OCH3 is 2. The average molecular weight is 483 g/mol. The van der Waals surface area contributed by atoms with Crippen LogP contribution in [0.4, 0.5) is 0 Å². The molecule has 36 heavy (non-hydrogen) atoms. The minimum absolute atomic E-state index is 0.206. The monoisotopic (exact) mass is 482 g/mol. The van der Waals surface area contributed by atoms with E-state index < -0.39 is 6.10 Å². The molecule has 1 aromatic heterocycles. The summed E-state index contributed by atoms with van der Waals surface area (Å²) in [6.07, 6.45) is 1.43. The second kappa shape index (κ2) is 10.4. The van der Waals surface area contributed by atoms with E-state index in [1.807, 2.05) is 78.9 Å². The summed E-state index contributed by atoms with van der Waals surface area (Å²) < 4.78 is 22.7. The van der Waals surface area contributed by atoms with E-state index in [2.05, 4.69) is 10.3 Å². The quantitative estimate of drug-likeness (QED) is 0.373. The topological polar surface area (TPSA) is 78.9 Å². The van der Waals surface area contributed by atoms with Crippen molar-refractivity contribution in [2.75, 3.05) is 14.2 Å². The van der Waals surface area contributed by atoms with Gasteiger partial charge in [-0.15, -0.1) is 0 Å². The van der Waals surface area contributed by atoms with Gasteiger partial charge in [0.2, 0.25) is 5.88 Å². The Balaban J connectivity index is 1.32. The van der Waals surface area contributed by atoms with Crippen LogP contribution in [-0.2, 0) is 17.8 Å². The van der Waals surface area contributed by atoms with Gasteiger partial charge >= 0.3 is 0 Å². The number of hydrogen-bond donors (Lipinski definition) is 1. The van der Waals surface area contributed by atoms with Gasteiger partial charge in [-0.2, -0.15) is 0 Å². The van der Waals surface area contributed by atoms with Crippen molar-refractivity contribution in [2.24, 2.45) is 0 Å². The van der Waals surface area contributed by atoms with Crippen molar-refractivity contribution >= 4 is 5.91 Å². The van der Waals surface area contributed by atoms with Crippen molar-refractivity contribution in [3.05, 3.63) is 96.2 Å². The van der Waals surface area contributed by atoms with Crippen LogP contribution in [0.15, 0.2) is 85.1 Å². The van der Waals surface area contributed by atoms with Gasteiger partial charge in [0.25, 0.3) is 5.91 Å². The van der Waals surface area contributed by atoms with E-state index in [4.69, 9.17) is 18.9 Å². The van der Waals surface area contributed by atoms with Crippen LogP contribution >= 0.6 is 0 Å². The maximum absolute atomic E-state index is 13.0. The number of amides is 1. The summed E-state index contributed by atoms with van der Waals surface area (Å²) in [7, 11) is 3.17. The molecule has 0 fully saturated rings. The molecule has 0 spiro atoms. The molecule has 0 aliphatic carbocycles. The maximum Gasteiger partial charge on any atom is 0.261 e. The van der Waals surface area contributed by atoms with Gasteiger partial charge in [0.05, 0.1) is 14.2 Å². The molecule has 1 unspecified atom stereocenters. The summed E-state index contributed by atoms with van der Waals surface area (Å²) in [5.74, 6) is 2.98. The number of benzene rings is 3. The van der Waals surface area contributed by atoms with Crippen molar-refractivity contribution in [2.45, 2.75) is 19.1 Å². The van der Waals surface area contributed by atoms with Crippen LogP contribution < -0.4 is 24.3 Å². The molecule has 2 heterocycles. The Morgan fingerprint density at radius 2 is 1.69 bits per heavy atom. The first-order valence-corrected chi connectivity index (χ1v) is 11.6. The Labute approximate surface area is 209 Å². The first-order valence-electron chi connectivity index (χ1n) is 11.6. The van der Waals surface area contributed by atoms with Crippen molar-refractivity contribution in [3.63, 3.8) is 0 Å². The molecule has 3 aromatic carbocycles. The second-order valence-electron chi connectivity index (χ2n) is 8.27. The van der Waals surface area contributed by atoms with Crippen LogP contribution in [0.1, 0.15) is 11.1 Å². The summed E-state index contributed by atoms with van der Waals surface area (Å²) in [5.41, 5.74) is 3.62. The van der Waals surface area contributed by atoms with E-state index in [0.29, 0.717) is 30.3 Å². The van der Waals surface area contributed by atoms with Gasteiger partial charge in [-0.25, -0.2) is 4.98 Å². The van der Waals surface area contributed by atoms with Crippen LogP contribution in [0.3, 0.4) is 0 Å². The third kappa shape index (κ3) is 4.81. The fourth-order valence-electron chi connectivity index (χ4n) is 4.22. The number of aromatic nitrogens is 1. The third-order valence-electron chi connectivity index (χ3n) is 6.02. The van der Waals surface area contributed by atoms with Crippen LogP contribution in [0.2, 0.25) is 0 Å². The lowest BCUT2D eigenvalue weighted by atomic mass is 9.98. The van der Waals surface area contributed by atoms with Crippen molar-refractivity contribution in [3.8, 4) is 40.0 Å². The highest BCUT2D eigenvalue weighted by molar-refractivity contribution is 5.84. The van der Waals surface area contributed by atoms with Gasteiger partial charge in [-0.05, 0) is 47.5 Å². The van der Waals surface area contributed by atoms with E-state index in [-0.39, 0.29) is 5.91 Å². The maximum atomic E-state index is 13.0. The highest BCUT2D eigenvalue weighted by Gasteiger charge is 2.32. The van der Waals surface area contributed by atoms with E-state index in [0.717, 1.165) is 33.8 Å². The van der Waals surface area contributed by atoms with Crippen molar-refractivity contribution < 1.29 is 23.7 Å². The number of nitrogens with zero attached hydrogens (tertiary/aromatic N) is 1. The summed E-state index contributed by atoms with van der Waals surface area (Å²) in [5, 5.41) is 2.96. The molecular weight excluding hydrogens is 456 g/mol. The van der Waals surface area contributed by atoms with Gasteiger partial charge in [0, 0.05) is 30.3 Å². The first kappa shape index (κ1) is 23.2. The van der Waals surface area contributed by atoms with E-state index >= 15 is 0 Å². The number of carbonyl (C=O) groups is 1. The number of ether oxygens (including phenoxy) is 4. The molecule has 7 nitrogen and oxygen atoms in total. The average Bonchev–Trinajstić information content (AvgIpc) is 3.37. The second-order valence-corrected chi connectivity index (χ2v) is 8.27. The number of carbonyl (C=O) groups excluding carboxylic acids is 1. The van der Waals surface area contributed by atoms with E-state index in [1.54, 1.807) is 20.4 Å². The lowest BCUT2D eigenvalue weighted by molar-refractivity contribution is -0.127. The highest BCUT2D eigenvalue weighted by Crippen LogP contribution is 2.40. The minimum atomic E-state index is -0.670. The first-order chi connectivity index (χ1) is 17.7. The van der Waals surface area contributed by atoms with Crippen LogP contribution in [0.25, 0.3) is 11.1 Å². The molecule has 1 atom stereocenters. The number of pyridine rings is 1. The molecule has 0 radical (unpaired) electrons. The normalized spacial score (nSPS) is 13.9. The summed E-state index contributed by atoms with van der Waals surface area (Å²) in [6, 6.07) is 24.9. The minimum Gasteiger partial charge on any atom is -0.493 e. The molecule has 1 aliphatic rings. The molecule has 5 rings (SSSR count). The van der Waals surface area contributed by atoms with Crippen LogP contribution in [-0.4, -0.2) is 31.2 Å². The van der Waals surface area contributed by atoms with Crippen molar-refractivity contribution in [1.29, 1.82) is 0 Å². The van der Waals surface area contributed by atoms with Crippen LogP contribution in [0.5, 0.6) is 28.9 Å². The third-order valence-corrected chi connectivity index (χ3v) is 6.02. The zero-order valence-corrected chi connectivity index (χ0v) is 20.1. The molecule has 1 N–H and O–H groups in total. The lowest BCUT2D eigenvalue weighted by Gasteiger charge is -2.13. The molecule has 4 aromatic rings. The Bertz CT molecular complexity index is 1370. The zero-order chi connectivity index (χ0) is 24.9. The molecule has 7 heteroatoms. The van der Waals surface area contributed by atoms with Crippen LogP contribution in [0, 0.1) is 0 Å². The molecule has 0 saturated carbocycles. The van der Waals surface area contributed by atoms with Crippen molar-refractivity contribution in [1.82, 2.24) is 10.3 Å². The molecule has 182 valence electrons. The molecule has 0 bridgehead atoms. The Morgan fingerprint density at radius 1 is 0.917 bits per heavy atom. The predicted molar refractivity (Wildman–Crippen MR) is 136 cm³/mol. The largest absolute Gasteiger partial charge is 0.493 e. The fourth-order valence-corrected chi connectivity index (χ4v) is 4.22. The number of para-hydroxylation sites is 2. The molecule has 0 saturated heterocycles. The standard InChI is InChI=1S/C29H26N2O5/c1-33-25-13-12-19(16-26(25)34-2)18-31-28(32)27-17-23-21(14-15-30-29(23)36-27)22-10-6-7-11-24(22)35-20-8-4-3-5-9-20/h3-16,27H,17-18H2,1-2H3,(H,31,32). The Hall–Kier alpha value is -4.52. The Morgan fingerprint density at radius 3 is 2.50 bits per heavy atom. The lowest BCUT2D eigenvalue weighted by Crippen LogP contribution is -2.37. The van der Waals surface area contributed by atoms with E-state index in [9.17, 15) is 4.79 Å². The molecule has 1 amide bonds. The summed E-state index contributed by atoms with van der Waals surface area (Å²) >= 11 is 0. The SMILES string of the molecule is COc1ccc(CNC(=O)C2Cc3c(-c4ccccc4Oc4ccccc4)ccnc3O2)cc1OC. The number of rotatable bonds is 8. The fraction of sp³-hybridized carbons (Fsp3) is 0.172. The van der Waals surface area contributed by atoms with Gasteiger partial charge in [0.15, 0.2) is 17.6 Å². The summed E-state index contributed by atoms with van der Waals surface area (Å²) in [4.78, 5) is 17.4. The molecular formula is C29H26N2O5. The molecule has 1 aliphatic heterocycles. The van der Waals surface area contributed by atoms with E-state index in [1.165, 1.54) is 0 Å². The summed E-state index contributed by atoms with van der Waals surface area (Å²) in [6.45, 7) is 0.337. The Kier molecular flexibility index (Phi) is 6.71. The smallest absolute Gasteiger partial charge is 0.261 e. The van der Waals surface area contributed by atoms with Gasteiger partial charge in [0.1, 0.15) is 11.5 Å². The zero-order valence-electron chi connectivity index (χ0n) is 20.1. The van der Waals surface area contributed by atoms with Gasteiger partial charge in [-0.3, -0.25) is 4.79 Å². The number of hydrogen-bond acceptors (Lipinski definition) is 6. The van der Waals surface area contributed by atoms with Gasteiger partial charge in [-0.1, -0.05) is 42.5 Å². The highest BCUT2D eigenvalue weighted by atomic mass is 16.5. The number of fused-ring (bicyclic) bond motifs is 1. The van der Waals surface area contributed by atoms with Gasteiger partial charge < -0.3 is 24.3 Å². The predicted octanol–water partition coefficient (Wildman–Crippen LogP) is 5.18. The number of nitrogens with one attached hydrogen (secondary N) is 1.